The Morgan fingerprint density at radius 2 is 1.60 bits per heavy atom. The lowest BCUT2D eigenvalue weighted by Gasteiger charge is -2.49. The first kappa shape index (κ1) is 57.6. The number of amides is 1. The van der Waals surface area contributed by atoms with Crippen LogP contribution < -0.4 is 5.32 Å². The van der Waals surface area contributed by atoms with Crippen molar-refractivity contribution in [3.63, 3.8) is 0 Å². The zero-order chi connectivity index (χ0) is 49.7. The number of nitrogens with zero attached hydrogens (tertiary/aromatic N) is 2. The van der Waals surface area contributed by atoms with E-state index in [1.54, 1.807) is 48.5 Å². The molecule has 1 amide bonds. The van der Waals surface area contributed by atoms with E-state index < -0.39 is 114 Å². The zero-order valence-corrected chi connectivity index (χ0v) is 43.5. The Morgan fingerprint density at radius 3 is 2.14 bits per heavy atom. The maximum Gasteiger partial charge on any atom is 0.330 e. The van der Waals surface area contributed by atoms with E-state index in [1.807, 2.05) is 65.6 Å². The number of aliphatic hydroxyl groups is 4. The Morgan fingerprint density at radius 1 is 0.985 bits per heavy atom. The molecular weight excluding hydrogens is 863 g/mol. The van der Waals surface area contributed by atoms with Crippen LogP contribution in [0.15, 0.2) is 0 Å². The van der Waals surface area contributed by atoms with Gasteiger partial charge in [0, 0.05) is 49.5 Å². The summed E-state index contributed by atoms with van der Waals surface area (Å²) in [5.41, 5.74) is -4.62. The first-order valence-corrected chi connectivity index (χ1v) is 24.4. The van der Waals surface area contributed by atoms with Crippen LogP contribution in [0.25, 0.3) is 0 Å². The molecule has 0 aromatic carbocycles. The van der Waals surface area contributed by atoms with Gasteiger partial charge in [0.25, 0.3) is 0 Å². The summed E-state index contributed by atoms with van der Waals surface area (Å²) in [4.78, 5) is 44.9. The van der Waals surface area contributed by atoms with Crippen molar-refractivity contribution in [1.29, 1.82) is 0 Å². The van der Waals surface area contributed by atoms with Gasteiger partial charge in [-0.2, -0.15) is 11.8 Å². The van der Waals surface area contributed by atoms with E-state index in [0.717, 1.165) is 0 Å². The molecule has 5 N–H and O–H groups in total. The van der Waals surface area contributed by atoms with Crippen molar-refractivity contribution in [3.05, 3.63) is 0 Å². The van der Waals surface area contributed by atoms with Crippen LogP contribution in [0.3, 0.4) is 0 Å². The quantitative estimate of drug-likeness (QED) is 0.177. The molecule has 3 rings (SSSR count). The van der Waals surface area contributed by atoms with E-state index in [1.165, 1.54) is 32.7 Å². The number of hydrogen-bond donors (Lipinski definition) is 5. The number of rotatable bonds is 12. The number of hydrogen-bond acceptors (Lipinski definition) is 17. The van der Waals surface area contributed by atoms with Crippen molar-refractivity contribution in [2.24, 2.45) is 17.8 Å². The number of likely N-dealkylation sites (N-methyl/N-ethyl adjacent to an activating group) is 2. The normalized spacial score (nSPS) is 42.6. The van der Waals surface area contributed by atoms with Crippen LogP contribution in [0.4, 0.5) is 0 Å². The van der Waals surface area contributed by atoms with Gasteiger partial charge in [0.2, 0.25) is 5.91 Å². The maximum atomic E-state index is 14.5. The smallest absolute Gasteiger partial charge is 0.330 e. The molecule has 3 aliphatic rings. The molecule has 65 heavy (non-hydrogen) atoms. The second-order valence-electron chi connectivity index (χ2n) is 21.3. The summed E-state index contributed by atoms with van der Waals surface area (Å²) >= 11 is 1.51. The van der Waals surface area contributed by atoms with Gasteiger partial charge in [0.1, 0.15) is 30.0 Å². The van der Waals surface area contributed by atoms with Gasteiger partial charge in [0.15, 0.2) is 18.7 Å². The van der Waals surface area contributed by atoms with Crippen LogP contribution >= 0.6 is 11.8 Å². The molecule has 3 saturated heterocycles. The first-order valence-electron chi connectivity index (χ1n) is 23.5. The highest BCUT2D eigenvalue weighted by Crippen LogP contribution is 2.41. The van der Waals surface area contributed by atoms with Crippen molar-refractivity contribution >= 4 is 29.6 Å². The summed E-state index contributed by atoms with van der Waals surface area (Å²) < 4.78 is 44.8. The van der Waals surface area contributed by atoms with E-state index in [4.69, 9.17) is 33.2 Å². The molecule has 19 atom stereocenters. The van der Waals surface area contributed by atoms with Gasteiger partial charge in [-0.3, -0.25) is 9.59 Å². The number of carbonyl (C=O) groups excluding carboxylic acids is 3. The summed E-state index contributed by atoms with van der Waals surface area (Å²) in [5, 5.41) is 50.3. The van der Waals surface area contributed by atoms with Crippen molar-refractivity contribution in [2.45, 2.75) is 224 Å². The number of ether oxygens (including phenoxy) is 7. The van der Waals surface area contributed by atoms with E-state index >= 15 is 0 Å². The van der Waals surface area contributed by atoms with Crippen molar-refractivity contribution in [2.75, 3.05) is 40.6 Å². The Labute approximate surface area is 393 Å². The molecule has 3 aliphatic heterocycles. The van der Waals surface area contributed by atoms with Gasteiger partial charge in [0.05, 0.1) is 47.6 Å². The minimum absolute atomic E-state index is 0.0798. The van der Waals surface area contributed by atoms with Crippen molar-refractivity contribution in [3.8, 4) is 0 Å². The van der Waals surface area contributed by atoms with Crippen LogP contribution in [0.1, 0.15) is 123 Å². The molecular formula is C47H87N3O14S. The molecule has 380 valence electrons. The minimum Gasteiger partial charge on any atom is -0.459 e. The number of methoxy groups -OCH3 is 1. The fourth-order valence-electron chi connectivity index (χ4n) is 9.81. The summed E-state index contributed by atoms with van der Waals surface area (Å²) in [6, 6.07) is -1.99. The van der Waals surface area contributed by atoms with Crippen molar-refractivity contribution in [1.82, 2.24) is 15.1 Å². The van der Waals surface area contributed by atoms with Crippen LogP contribution in [0.5, 0.6) is 0 Å². The van der Waals surface area contributed by atoms with Gasteiger partial charge in [-0.25, -0.2) is 4.79 Å². The number of esters is 2. The van der Waals surface area contributed by atoms with Gasteiger partial charge in [-0.05, 0) is 94.8 Å². The average Bonchev–Trinajstić information content (AvgIpc) is 3.19. The second kappa shape index (κ2) is 23.3. The minimum atomic E-state index is -1.85. The monoisotopic (exact) mass is 950 g/mol. The number of cyclic esters (lactones) is 1. The summed E-state index contributed by atoms with van der Waals surface area (Å²) in [6.45, 7) is 25.2. The third kappa shape index (κ3) is 14.9. The third-order valence-electron chi connectivity index (χ3n) is 13.8. The van der Waals surface area contributed by atoms with E-state index in [2.05, 4.69) is 5.32 Å². The predicted molar refractivity (Wildman–Crippen MR) is 248 cm³/mol. The lowest BCUT2D eigenvalue weighted by molar-refractivity contribution is -0.319. The molecule has 0 aromatic heterocycles. The average molecular weight is 950 g/mol. The SMILES string of the molecule is CC[C@H]1OC(=O)[C@H](C)[C@@H](O[C@H]2C[C@@](C)(OC)[C@@H](O)[C@H](C)O2)[C@H](C)[C@@H](O[C@@H]2O[C@H](C)C[C@H](N(C)C)[C@H]2OC(=O)[C@H](CSC(C)(C)C)NC(C)=O)[C@](C)(O)C[C@@H](C)CN(C)[C@H](C)[C@@H](O)[C@]1(C)O. The van der Waals surface area contributed by atoms with E-state index in [0.29, 0.717) is 13.0 Å². The van der Waals surface area contributed by atoms with Gasteiger partial charge < -0.3 is 68.7 Å². The molecule has 0 bridgehead atoms. The van der Waals surface area contributed by atoms with E-state index in [9.17, 15) is 34.8 Å². The lowest BCUT2D eigenvalue weighted by atomic mass is 9.77. The molecule has 0 radical (unpaired) electrons. The fraction of sp³-hybridized carbons (Fsp3) is 0.936. The van der Waals surface area contributed by atoms with E-state index in [-0.39, 0.29) is 47.7 Å². The maximum absolute atomic E-state index is 14.5. The Bertz CT molecular complexity index is 1550. The lowest BCUT2D eigenvalue weighted by Crippen LogP contribution is -2.61. The molecule has 0 aromatic rings. The predicted octanol–water partition coefficient (Wildman–Crippen LogP) is 3.49. The van der Waals surface area contributed by atoms with Crippen molar-refractivity contribution < 1.29 is 68.0 Å². The van der Waals surface area contributed by atoms with Crippen LogP contribution in [0, 0.1) is 17.8 Å². The molecule has 3 heterocycles. The number of carbonyl (C=O) groups is 3. The summed E-state index contributed by atoms with van der Waals surface area (Å²) in [7, 11) is 7.06. The summed E-state index contributed by atoms with van der Waals surface area (Å²) in [5.74, 6) is -3.72. The largest absolute Gasteiger partial charge is 0.459 e. The molecule has 18 heteroatoms. The van der Waals surface area contributed by atoms with Crippen LogP contribution in [-0.2, 0) is 47.5 Å². The highest BCUT2D eigenvalue weighted by molar-refractivity contribution is 8.00. The third-order valence-corrected chi connectivity index (χ3v) is 15.1. The highest BCUT2D eigenvalue weighted by atomic mass is 32.2. The topological polar surface area (TPSA) is 215 Å². The standard InChI is InChI=1S/C47H87N3O14S/c1-19-34-47(14,57)38(52)29(6)50(17)23-25(2)21-45(12,56)40(27(4)36(28(5)41(54)61-34)62-35-22-46(13,58-18)39(53)30(7)60-35)64-43-37(33(49(15)16)20-26(3)59-43)63-42(55)32(48-31(8)51)24-65-44(9,10)11/h25-30,32-40,43,52-53,56-57H,19-24H2,1-18H3,(H,48,51)/t25-,26-,27+,28-,29-,30+,32+,33+,34-,35+,36+,37-,38-,39+,40-,43+,45-,46-,47-/m1/s1. The van der Waals surface area contributed by atoms with Crippen LogP contribution in [-0.4, -0.2) is 190 Å². The fourth-order valence-corrected chi connectivity index (χ4v) is 10.7. The van der Waals surface area contributed by atoms with Crippen LogP contribution in [0.2, 0.25) is 0 Å². The second-order valence-corrected chi connectivity index (χ2v) is 23.1. The number of nitrogens with one attached hydrogen (secondary N) is 1. The Kier molecular flexibility index (Phi) is 20.6. The summed E-state index contributed by atoms with van der Waals surface area (Å²) in [6.07, 6.45) is -9.28. The molecule has 0 aliphatic carbocycles. The first-order chi connectivity index (χ1) is 29.8. The highest BCUT2D eigenvalue weighted by Gasteiger charge is 2.53. The Balaban J connectivity index is 2.26. The zero-order valence-electron chi connectivity index (χ0n) is 42.7. The molecule has 0 saturated carbocycles. The number of aliphatic hydroxyl groups excluding tert-OH is 2. The van der Waals surface area contributed by atoms with Gasteiger partial charge in [-0.1, -0.05) is 41.5 Å². The number of thioether (sulfide) groups is 1. The molecule has 17 nitrogen and oxygen atoms in total. The molecule has 3 fully saturated rings. The van der Waals surface area contributed by atoms with Gasteiger partial charge in [-0.15, -0.1) is 0 Å². The Hall–Kier alpha value is -1.68. The van der Waals surface area contributed by atoms with Gasteiger partial charge >= 0.3 is 11.9 Å². The molecule has 0 unspecified atom stereocenters. The molecule has 0 spiro atoms.